The summed E-state index contributed by atoms with van der Waals surface area (Å²) in [6.07, 6.45) is 25.2. The monoisotopic (exact) mass is 495 g/mol. The molecule has 0 amide bonds. The fourth-order valence-corrected chi connectivity index (χ4v) is 4.18. The highest BCUT2D eigenvalue weighted by Gasteiger charge is 2.17. The molecule has 4 aliphatic heterocycles. The van der Waals surface area contributed by atoms with Crippen molar-refractivity contribution in [3.63, 3.8) is 0 Å². The summed E-state index contributed by atoms with van der Waals surface area (Å²) < 4.78 is 0. The summed E-state index contributed by atoms with van der Waals surface area (Å²) in [6.45, 7) is 0. The minimum atomic E-state index is 0.775. The number of rotatable bonds is 6. The molecule has 38 heavy (non-hydrogen) atoms. The Labute approximate surface area is 221 Å². The number of benzene rings is 2. The van der Waals surface area contributed by atoms with Gasteiger partial charge in [-0.2, -0.15) is 0 Å². The number of fused-ring (bicyclic) bond motifs is 1. The van der Waals surface area contributed by atoms with Gasteiger partial charge in [-0.25, -0.2) is 9.97 Å². The average Bonchev–Trinajstić information content (AvgIpc) is 3.70. The molecule has 0 unspecified atom stereocenters. The molecule has 0 saturated heterocycles. The standard InChI is InChI=1S/C31H25N7/c1-3-7-24(8-4-1)11-15-37-17-13-33-30(37)19-28-26-21-32-22-27(26)29(36-23-35-28)20-31-34-14-18-38(31)16-12-25-9-5-2-6-10-25/h1-23,33-34H/b15-11+,16-12+,30-19+,31-20+. The summed E-state index contributed by atoms with van der Waals surface area (Å²) in [7, 11) is 0. The Kier molecular flexibility index (Phi) is 6.46. The highest BCUT2D eigenvalue weighted by atomic mass is 15.3. The average molecular weight is 496 g/mol. The van der Waals surface area contributed by atoms with Crippen molar-refractivity contribution in [3.8, 4) is 11.1 Å². The van der Waals surface area contributed by atoms with E-state index in [1.807, 2.05) is 108 Å². The van der Waals surface area contributed by atoms with E-state index in [2.05, 4.69) is 62.0 Å². The first-order valence-electron chi connectivity index (χ1n) is 12.3. The lowest BCUT2D eigenvalue weighted by Crippen LogP contribution is -2.12. The summed E-state index contributed by atoms with van der Waals surface area (Å²) in [6, 6.07) is 20.4. The van der Waals surface area contributed by atoms with Crippen LogP contribution in [0.15, 0.2) is 128 Å². The molecule has 6 rings (SSSR count). The SMILES string of the molecule is C1=CN(/C=C/c2ccccc2)/C(=C/c2ncnc(/C=C3\NC=CN3/C=C/c3ccccc3)c3cncc2-3)N1. The maximum absolute atomic E-state index is 4.65. The molecule has 0 bridgehead atoms. The van der Waals surface area contributed by atoms with Gasteiger partial charge in [0.2, 0.25) is 0 Å². The van der Waals surface area contributed by atoms with Crippen LogP contribution in [0.5, 0.6) is 0 Å². The van der Waals surface area contributed by atoms with Gasteiger partial charge in [-0.05, 0) is 23.3 Å². The molecule has 7 nitrogen and oxygen atoms in total. The predicted octanol–water partition coefficient (Wildman–Crippen LogP) is 5.67. The Morgan fingerprint density at radius 1 is 0.605 bits per heavy atom. The first kappa shape index (κ1) is 23.0. The van der Waals surface area contributed by atoms with E-state index in [1.54, 1.807) is 6.33 Å². The smallest absolute Gasteiger partial charge is 0.116 e. The molecule has 0 aromatic heterocycles. The number of aromatic nitrogens is 3. The third-order valence-electron chi connectivity index (χ3n) is 6.13. The van der Waals surface area contributed by atoms with Gasteiger partial charge in [0.05, 0.1) is 11.4 Å². The van der Waals surface area contributed by atoms with Crippen molar-refractivity contribution in [2.24, 2.45) is 0 Å². The minimum Gasteiger partial charge on any atom is -0.346 e. The van der Waals surface area contributed by atoms with Crippen molar-refractivity contribution in [2.75, 3.05) is 0 Å². The highest BCUT2D eigenvalue weighted by molar-refractivity contribution is 5.80. The largest absolute Gasteiger partial charge is 0.346 e. The second-order valence-corrected chi connectivity index (χ2v) is 8.63. The fraction of sp³-hybridized carbons (Fsp3) is 0. The Hall–Kier alpha value is -5.43. The molecule has 4 aliphatic rings. The van der Waals surface area contributed by atoms with Crippen molar-refractivity contribution < 1.29 is 0 Å². The summed E-state index contributed by atoms with van der Waals surface area (Å²) in [5, 5.41) is 6.59. The second-order valence-electron chi connectivity index (χ2n) is 8.63. The Morgan fingerprint density at radius 2 is 1.08 bits per heavy atom. The van der Waals surface area contributed by atoms with E-state index in [1.165, 1.54) is 0 Å². The molecule has 0 aliphatic carbocycles. The quantitative estimate of drug-likeness (QED) is 0.357. The predicted molar refractivity (Wildman–Crippen MR) is 152 cm³/mol. The lowest BCUT2D eigenvalue weighted by Gasteiger charge is -2.13. The van der Waals surface area contributed by atoms with E-state index in [-0.39, 0.29) is 0 Å². The van der Waals surface area contributed by atoms with E-state index in [0.29, 0.717) is 0 Å². The van der Waals surface area contributed by atoms with Gasteiger partial charge in [-0.3, -0.25) is 4.98 Å². The van der Waals surface area contributed by atoms with Crippen LogP contribution in [-0.2, 0) is 0 Å². The van der Waals surface area contributed by atoms with Gasteiger partial charge in [0.25, 0.3) is 0 Å². The van der Waals surface area contributed by atoms with Crippen LogP contribution in [0.4, 0.5) is 0 Å². The molecule has 4 heterocycles. The summed E-state index contributed by atoms with van der Waals surface area (Å²) in [4.78, 5) is 17.8. The zero-order valence-electron chi connectivity index (χ0n) is 20.5. The lowest BCUT2D eigenvalue weighted by atomic mass is 10.1. The van der Waals surface area contributed by atoms with Crippen LogP contribution in [-0.4, -0.2) is 24.8 Å². The number of hydrogen-bond acceptors (Lipinski definition) is 7. The molecule has 0 fully saturated rings. The number of nitrogens with one attached hydrogen (secondary N) is 2. The van der Waals surface area contributed by atoms with Gasteiger partial charge in [-0.15, -0.1) is 0 Å². The minimum absolute atomic E-state index is 0.775. The zero-order chi connectivity index (χ0) is 25.6. The first-order chi connectivity index (χ1) is 18.8. The van der Waals surface area contributed by atoms with Gasteiger partial charge < -0.3 is 20.4 Å². The van der Waals surface area contributed by atoms with Crippen LogP contribution >= 0.6 is 0 Å². The van der Waals surface area contributed by atoms with Crippen LogP contribution in [0.1, 0.15) is 22.5 Å². The summed E-state index contributed by atoms with van der Waals surface area (Å²) in [5.41, 5.74) is 5.64. The van der Waals surface area contributed by atoms with E-state index in [0.717, 1.165) is 45.3 Å². The van der Waals surface area contributed by atoms with E-state index in [9.17, 15) is 0 Å². The van der Waals surface area contributed by atoms with Crippen molar-refractivity contribution in [1.82, 2.24) is 35.4 Å². The molecular formula is C31H25N7. The summed E-state index contributed by atoms with van der Waals surface area (Å²) >= 11 is 0. The van der Waals surface area contributed by atoms with E-state index in [4.69, 9.17) is 0 Å². The zero-order valence-corrected chi connectivity index (χ0v) is 20.5. The molecule has 2 N–H and O–H groups in total. The van der Waals surface area contributed by atoms with Crippen LogP contribution in [0.2, 0.25) is 0 Å². The molecule has 0 atom stereocenters. The fourth-order valence-electron chi connectivity index (χ4n) is 4.18. The van der Waals surface area contributed by atoms with Crippen molar-refractivity contribution in [1.29, 1.82) is 0 Å². The Bertz CT molecular complexity index is 1450. The molecular weight excluding hydrogens is 470 g/mol. The molecule has 0 saturated carbocycles. The molecule has 2 aromatic rings. The van der Waals surface area contributed by atoms with Gasteiger partial charge >= 0.3 is 0 Å². The first-order valence-corrected chi connectivity index (χ1v) is 12.3. The lowest BCUT2D eigenvalue weighted by molar-refractivity contribution is 0.638. The maximum Gasteiger partial charge on any atom is 0.116 e. The second kappa shape index (κ2) is 10.7. The van der Waals surface area contributed by atoms with Crippen LogP contribution in [0.25, 0.3) is 35.4 Å². The molecule has 0 radical (unpaired) electrons. The third-order valence-corrected chi connectivity index (χ3v) is 6.13. The summed E-state index contributed by atoms with van der Waals surface area (Å²) in [5.74, 6) is 1.77. The van der Waals surface area contributed by atoms with Gasteiger partial charge in [0, 0.05) is 72.9 Å². The van der Waals surface area contributed by atoms with E-state index >= 15 is 0 Å². The highest BCUT2D eigenvalue weighted by Crippen LogP contribution is 2.29. The Morgan fingerprint density at radius 3 is 1.55 bits per heavy atom. The third kappa shape index (κ3) is 5.08. The molecule has 2 aromatic carbocycles. The van der Waals surface area contributed by atoms with Crippen molar-refractivity contribution in [2.45, 2.75) is 0 Å². The number of nitrogens with zero attached hydrogens (tertiary/aromatic N) is 5. The normalized spacial score (nSPS) is 16.9. The van der Waals surface area contributed by atoms with Crippen molar-refractivity contribution in [3.05, 3.63) is 151 Å². The van der Waals surface area contributed by atoms with Crippen LogP contribution in [0.3, 0.4) is 0 Å². The maximum atomic E-state index is 4.65. The topological polar surface area (TPSA) is 69.2 Å². The molecule has 0 spiro atoms. The molecule has 7 heteroatoms. The van der Waals surface area contributed by atoms with Gasteiger partial charge in [-0.1, -0.05) is 60.7 Å². The van der Waals surface area contributed by atoms with Crippen LogP contribution < -0.4 is 10.6 Å². The Balaban J connectivity index is 1.26. The van der Waals surface area contributed by atoms with Crippen LogP contribution in [0, 0.1) is 0 Å². The molecule has 184 valence electrons. The van der Waals surface area contributed by atoms with Crippen molar-refractivity contribution >= 4 is 24.3 Å². The van der Waals surface area contributed by atoms with Gasteiger partial charge in [0.15, 0.2) is 0 Å². The number of hydrogen-bond donors (Lipinski definition) is 2. The van der Waals surface area contributed by atoms with E-state index < -0.39 is 0 Å². The van der Waals surface area contributed by atoms with Gasteiger partial charge in [0.1, 0.15) is 18.0 Å².